The van der Waals surface area contributed by atoms with Crippen LogP contribution in [-0.4, -0.2) is 8.42 Å². The number of hydrogen-bond acceptors (Lipinski definition) is 4. The zero-order valence-electron chi connectivity index (χ0n) is 11.5. The van der Waals surface area contributed by atoms with Crippen molar-refractivity contribution in [2.75, 3.05) is 0 Å². The second-order valence-electron chi connectivity index (χ2n) is 4.66. The Morgan fingerprint density at radius 2 is 1.90 bits per heavy atom. The molecule has 21 heavy (non-hydrogen) atoms. The van der Waals surface area contributed by atoms with Gasteiger partial charge in [-0.15, -0.1) is 0 Å². The number of primary sulfonamides is 1. The molecule has 0 fully saturated rings. The maximum absolute atomic E-state index is 11.2. The maximum atomic E-state index is 11.2. The minimum atomic E-state index is -3.78. The van der Waals surface area contributed by atoms with E-state index in [0.717, 1.165) is 10.9 Å². The number of benzene rings is 1. The van der Waals surface area contributed by atoms with Crippen LogP contribution < -0.4 is 10.5 Å². The number of nitrogens with one attached hydrogen (secondary N) is 1. The van der Waals surface area contributed by atoms with Crippen molar-refractivity contribution >= 4 is 26.0 Å². The molecule has 114 valence electrons. The van der Waals surface area contributed by atoms with E-state index in [2.05, 4.69) is 28.2 Å². The average Bonchev–Trinajstić information content (AvgIpc) is 2.90. The molecule has 0 aliphatic rings. The molecule has 5 nitrogen and oxygen atoms in total. The molecule has 2 rings (SSSR count). The van der Waals surface area contributed by atoms with Gasteiger partial charge in [0.25, 0.3) is 10.0 Å². The first-order valence-corrected chi connectivity index (χ1v) is 8.84. The molecule has 7 heteroatoms. The molecule has 1 unspecified atom stereocenters. The van der Waals surface area contributed by atoms with E-state index in [9.17, 15) is 8.42 Å². The van der Waals surface area contributed by atoms with E-state index in [4.69, 9.17) is 9.56 Å². The van der Waals surface area contributed by atoms with Gasteiger partial charge in [0.05, 0.1) is 6.54 Å². The lowest BCUT2D eigenvalue weighted by molar-refractivity contribution is 0.387. The highest BCUT2D eigenvalue weighted by molar-refractivity contribution is 9.10. The summed E-state index contributed by atoms with van der Waals surface area (Å²) in [7, 11) is -3.78. The summed E-state index contributed by atoms with van der Waals surface area (Å²) in [6.07, 6.45) is 0.907. The van der Waals surface area contributed by atoms with E-state index < -0.39 is 10.0 Å². The van der Waals surface area contributed by atoms with Gasteiger partial charge in [-0.1, -0.05) is 35.0 Å². The summed E-state index contributed by atoms with van der Waals surface area (Å²) in [5.74, 6) is 0.537. The zero-order chi connectivity index (χ0) is 15.5. The van der Waals surface area contributed by atoms with Crippen LogP contribution >= 0.6 is 15.9 Å². The van der Waals surface area contributed by atoms with E-state index in [0.29, 0.717) is 12.3 Å². The van der Waals surface area contributed by atoms with Crippen LogP contribution in [0, 0.1) is 0 Å². The predicted octanol–water partition coefficient (Wildman–Crippen LogP) is 2.93. The van der Waals surface area contributed by atoms with Crippen LogP contribution in [0.2, 0.25) is 0 Å². The van der Waals surface area contributed by atoms with Gasteiger partial charge in [-0.3, -0.25) is 0 Å². The summed E-state index contributed by atoms with van der Waals surface area (Å²) < 4.78 is 28.6. The molecule has 3 N–H and O–H groups in total. The third-order valence-corrected chi connectivity index (χ3v) is 4.43. The smallest absolute Gasteiger partial charge is 0.271 e. The van der Waals surface area contributed by atoms with E-state index in [1.165, 1.54) is 11.6 Å². The summed E-state index contributed by atoms with van der Waals surface area (Å²) in [6.45, 7) is 2.52. The van der Waals surface area contributed by atoms with Crippen LogP contribution in [0.4, 0.5) is 0 Å². The molecule has 0 aliphatic carbocycles. The molecule has 0 aliphatic heterocycles. The highest BCUT2D eigenvalue weighted by Crippen LogP contribution is 2.20. The van der Waals surface area contributed by atoms with Gasteiger partial charge in [0.2, 0.25) is 5.09 Å². The Morgan fingerprint density at radius 3 is 2.43 bits per heavy atom. The Hall–Kier alpha value is -1.15. The third-order valence-electron chi connectivity index (χ3n) is 3.12. The summed E-state index contributed by atoms with van der Waals surface area (Å²) >= 11 is 3.41. The van der Waals surface area contributed by atoms with Crippen molar-refractivity contribution < 1.29 is 12.8 Å². The van der Waals surface area contributed by atoms with Crippen molar-refractivity contribution in [3.05, 3.63) is 52.2 Å². The monoisotopic (exact) mass is 372 g/mol. The van der Waals surface area contributed by atoms with Gasteiger partial charge < -0.3 is 9.73 Å². The zero-order valence-corrected chi connectivity index (χ0v) is 13.9. The Labute approximate surface area is 132 Å². The van der Waals surface area contributed by atoms with E-state index in [-0.39, 0.29) is 11.1 Å². The molecule has 0 spiro atoms. The van der Waals surface area contributed by atoms with Gasteiger partial charge in [-0.05, 0) is 36.2 Å². The molecule has 1 aromatic carbocycles. The fourth-order valence-electron chi connectivity index (χ4n) is 2.02. The van der Waals surface area contributed by atoms with Crippen molar-refractivity contribution in [3.63, 3.8) is 0 Å². The molecule has 0 radical (unpaired) electrons. The Balaban J connectivity index is 2.03. The van der Waals surface area contributed by atoms with Gasteiger partial charge in [0.15, 0.2) is 0 Å². The van der Waals surface area contributed by atoms with Gasteiger partial charge >= 0.3 is 0 Å². The average molecular weight is 373 g/mol. The predicted molar refractivity (Wildman–Crippen MR) is 84.1 cm³/mol. The van der Waals surface area contributed by atoms with E-state index >= 15 is 0 Å². The standard InChI is InChI=1S/C14H17BrN2O3S/c1-2-13(10-3-5-11(15)6-4-10)17-9-12-7-8-14(20-12)21(16,18)19/h3-8,13,17H,2,9H2,1H3,(H2,16,18,19). The fraction of sp³-hybridized carbons (Fsp3) is 0.286. The highest BCUT2D eigenvalue weighted by atomic mass is 79.9. The quantitative estimate of drug-likeness (QED) is 0.815. The second-order valence-corrected chi connectivity index (χ2v) is 7.07. The van der Waals surface area contributed by atoms with Gasteiger partial charge in [0, 0.05) is 10.5 Å². The lowest BCUT2D eigenvalue weighted by atomic mass is 10.0. The molecule has 2 aromatic rings. The van der Waals surface area contributed by atoms with Crippen LogP contribution in [0.25, 0.3) is 0 Å². The normalized spacial score (nSPS) is 13.3. The molecule has 0 saturated heterocycles. The minimum Gasteiger partial charge on any atom is -0.447 e. The molecular formula is C14H17BrN2O3S. The molecular weight excluding hydrogens is 356 g/mol. The van der Waals surface area contributed by atoms with E-state index in [1.807, 2.05) is 24.3 Å². The minimum absolute atomic E-state index is 0.168. The van der Waals surface area contributed by atoms with Crippen molar-refractivity contribution in [1.82, 2.24) is 5.32 Å². The number of hydrogen-bond donors (Lipinski definition) is 2. The number of furan rings is 1. The summed E-state index contributed by atoms with van der Waals surface area (Å²) in [5, 5.41) is 8.14. The van der Waals surface area contributed by atoms with Gasteiger partial charge in [-0.25, -0.2) is 13.6 Å². The number of nitrogens with two attached hydrogens (primary N) is 1. The largest absolute Gasteiger partial charge is 0.447 e. The van der Waals surface area contributed by atoms with Crippen molar-refractivity contribution in [1.29, 1.82) is 0 Å². The first-order chi connectivity index (χ1) is 9.90. The molecule has 0 saturated carbocycles. The SMILES string of the molecule is CCC(NCc1ccc(S(N)(=O)=O)o1)c1ccc(Br)cc1. The Kier molecular flexibility index (Phi) is 5.21. The Morgan fingerprint density at radius 1 is 1.24 bits per heavy atom. The van der Waals surface area contributed by atoms with Crippen LogP contribution in [0.1, 0.15) is 30.7 Å². The van der Waals surface area contributed by atoms with Crippen LogP contribution in [-0.2, 0) is 16.6 Å². The topological polar surface area (TPSA) is 85.3 Å². The second kappa shape index (κ2) is 6.74. The van der Waals surface area contributed by atoms with Crippen LogP contribution in [0.15, 0.2) is 50.4 Å². The first kappa shape index (κ1) is 16.2. The Bertz CT molecular complexity index is 695. The summed E-state index contributed by atoms with van der Waals surface area (Å²) in [5.41, 5.74) is 1.17. The number of halogens is 1. The molecule has 1 atom stereocenters. The maximum Gasteiger partial charge on any atom is 0.271 e. The van der Waals surface area contributed by atoms with Crippen molar-refractivity contribution in [2.24, 2.45) is 5.14 Å². The highest BCUT2D eigenvalue weighted by Gasteiger charge is 2.14. The lowest BCUT2D eigenvalue weighted by Gasteiger charge is -2.16. The molecule has 0 amide bonds. The third kappa shape index (κ3) is 4.41. The van der Waals surface area contributed by atoms with E-state index in [1.54, 1.807) is 6.07 Å². The summed E-state index contributed by atoms with van der Waals surface area (Å²) in [4.78, 5) is 0. The molecule has 1 aromatic heterocycles. The van der Waals surface area contributed by atoms with Crippen LogP contribution in [0.5, 0.6) is 0 Å². The number of sulfonamides is 1. The van der Waals surface area contributed by atoms with Crippen molar-refractivity contribution in [3.8, 4) is 0 Å². The lowest BCUT2D eigenvalue weighted by Crippen LogP contribution is -2.20. The fourth-order valence-corrected chi connectivity index (χ4v) is 2.77. The van der Waals surface area contributed by atoms with Crippen LogP contribution in [0.3, 0.4) is 0 Å². The van der Waals surface area contributed by atoms with Gasteiger partial charge in [-0.2, -0.15) is 0 Å². The number of rotatable bonds is 6. The molecule has 1 heterocycles. The summed E-state index contributed by atoms with van der Waals surface area (Å²) in [6, 6.07) is 11.2. The van der Waals surface area contributed by atoms with Crippen molar-refractivity contribution in [2.45, 2.75) is 31.0 Å². The molecule has 0 bridgehead atoms. The van der Waals surface area contributed by atoms with Gasteiger partial charge in [0.1, 0.15) is 5.76 Å². The first-order valence-electron chi connectivity index (χ1n) is 6.50.